The summed E-state index contributed by atoms with van der Waals surface area (Å²) in [6, 6.07) is 12.3. The van der Waals surface area contributed by atoms with E-state index in [0.29, 0.717) is 5.02 Å². The van der Waals surface area contributed by atoms with Gasteiger partial charge < -0.3 is 9.64 Å². The molecule has 0 saturated heterocycles. The zero-order valence-corrected chi connectivity index (χ0v) is 18.0. The Labute approximate surface area is 170 Å². The third-order valence-corrected chi connectivity index (χ3v) is 5.86. The average Bonchev–Trinajstić information content (AvgIpc) is 3.03. The molecule has 0 aliphatic rings. The number of aromatic nitrogens is 1. The molecule has 0 unspecified atom stereocenters. The van der Waals surface area contributed by atoms with Gasteiger partial charge >= 0.3 is 0 Å². The van der Waals surface area contributed by atoms with Gasteiger partial charge in [-0.2, -0.15) is 0 Å². The van der Waals surface area contributed by atoms with Crippen LogP contribution in [0.1, 0.15) is 29.3 Å². The summed E-state index contributed by atoms with van der Waals surface area (Å²) in [7, 11) is 1.64. The van der Waals surface area contributed by atoms with Gasteiger partial charge in [-0.15, -0.1) is 11.3 Å². The number of hydrogen-bond donors (Lipinski definition) is 0. The third kappa shape index (κ3) is 4.12. The molecule has 0 spiro atoms. The van der Waals surface area contributed by atoms with Gasteiger partial charge in [-0.3, -0.25) is 0 Å². The summed E-state index contributed by atoms with van der Waals surface area (Å²) in [4.78, 5) is 8.46. The second-order valence-electron chi connectivity index (χ2n) is 6.69. The van der Waals surface area contributed by atoms with Gasteiger partial charge in [-0.25, -0.2) is 4.98 Å². The molecule has 0 aliphatic heterocycles. The fourth-order valence-electron chi connectivity index (χ4n) is 3.12. The van der Waals surface area contributed by atoms with Crippen molar-refractivity contribution in [3.63, 3.8) is 0 Å². The number of hydrogen-bond acceptors (Lipinski definition) is 4. The van der Waals surface area contributed by atoms with Crippen molar-refractivity contribution >= 4 is 33.8 Å². The molecule has 1 heterocycles. The monoisotopic (exact) mass is 400 g/mol. The molecule has 3 aromatic rings. The fourth-order valence-corrected chi connectivity index (χ4v) is 4.34. The van der Waals surface area contributed by atoms with Crippen molar-refractivity contribution in [2.24, 2.45) is 0 Å². The molecule has 27 heavy (non-hydrogen) atoms. The molecule has 3 rings (SSSR count). The maximum Gasteiger partial charge on any atom is 0.190 e. The maximum atomic E-state index is 6.50. The predicted octanol–water partition coefficient (Wildman–Crippen LogP) is 6.95. The Morgan fingerprint density at radius 2 is 1.89 bits per heavy atom. The van der Waals surface area contributed by atoms with Gasteiger partial charge in [0.05, 0.1) is 17.8 Å². The summed E-state index contributed by atoms with van der Waals surface area (Å²) in [6.45, 7) is 9.50. The van der Waals surface area contributed by atoms with E-state index in [1.165, 1.54) is 16.8 Å². The average molecular weight is 401 g/mol. The Hall–Kier alpha value is -2.04. The van der Waals surface area contributed by atoms with Crippen LogP contribution >= 0.6 is 22.9 Å². The van der Waals surface area contributed by atoms with Crippen LogP contribution in [0.25, 0.3) is 11.3 Å². The highest BCUT2D eigenvalue weighted by Crippen LogP contribution is 2.40. The first-order valence-corrected chi connectivity index (χ1v) is 10.3. The van der Waals surface area contributed by atoms with E-state index >= 15 is 0 Å². The second-order valence-corrected chi connectivity index (χ2v) is 8.28. The molecule has 5 heteroatoms. The van der Waals surface area contributed by atoms with E-state index in [4.69, 9.17) is 21.3 Å². The standard InChI is InChI=1S/C22H25ClN2OS/c1-6-11-25(20-12-14(2)7-8-15(20)3)22-24-21(16(4)27-22)18-10-9-17(26-5)13-19(18)23/h7-10,12-13H,6,11H2,1-5H3. The van der Waals surface area contributed by atoms with E-state index in [9.17, 15) is 0 Å². The van der Waals surface area contributed by atoms with Gasteiger partial charge in [0.25, 0.3) is 0 Å². The van der Waals surface area contributed by atoms with Crippen molar-refractivity contribution in [3.05, 3.63) is 57.4 Å². The summed E-state index contributed by atoms with van der Waals surface area (Å²) in [5.74, 6) is 0.750. The van der Waals surface area contributed by atoms with Crippen LogP contribution in [0.4, 0.5) is 10.8 Å². The molecule has 0 bridgehead atoms. The normalized spacial score (nSPS) is 10.9. The number of aryl methyl sites for hydroxylation is 3. The van der Waals surface area contributed by atoms with Gasteiger partial charge in [-0.05, 0) is 62.6 Å². The van der Waals surface area contributed by atoms with Crippen LogP contribution in [-0.4, -0.2) is 18.6 Å². The first kappa shape index (κ1) is 19.7. The first-order chi connectivity index (χ1) is 12.9. The van der Waals surface area contributed by atoms with E-state index in [1.54, 1.807) is 18.4 Å². The van der Waals surface area contributed by atoms with E-state index in [-0.39, 0.29) is 0 Å². The lowest BCUT2D eigenvalue weighted by Gasteiger charge is -2.23. The number of nitrogens with zero attached hydrogens (tertiary/aromatic N) is 2. The van der Waals surface area contributed by atoms with Crippen LogP contribution in [0, 0.1) is 20.8 Å². The molecule has 1 aromatic heterocycles. The number of halogens is 1. The molecule has 2 aromatic carbocycles. The number of anilines is 2. The molecule has 0 aliphatic carbocycles. The van der Waals surface area contributed by atoms with E-state index < -0.39 is 0 Å². The fraction of sp³-hybridized carbons (Fsp3) is 0.318. The minimum absolute atomic E-state index is 0.656. The highest BCUT2D eigenvalue weighted by molar-refractivity contribution is 7.16. The van der Waals surface area contributed by atoms with E-state index in [2.05, 4.69) is 50.8 Å². The quantitative estimate of drug-likeness (QED) is 0.447. The van der Waals surface area contributed by atoms with Crippen molar-refractivity contribution in [3.8, 4) is 17.0 Å². The third-order valence-electron chi connectivity index (χ3n) is 4.55. The van der Waals surface area contributed by atoms with Crippen molar-refractivity contribution in [1.82, 2.24) is 4.98 Å². The number of methoxy groups -OCH3 is 1. The highest BCUT2D eigenvalue weighted by Gasteiger charge is 2.19. The highest BCUT2D eigenvalue weighted by atomic mass is 35.5. The topological polar surface area (TPSA) is 25.4 Å². The summed E-state index contributed by atoms with van der Waals surface area (Å²) in [5, 5.41) is 1.66. The smallest absolute Gasteiger partial charge is 0.190 e. The second kappa shape index (κ2) is 8.32. The SMILES string of the molecule is CCCN(c1nc(-c2ccc(OC)cc2Cl)c(C)s1)c1cc(C)ccc1C. The lowest BCUT2D eigenvalue weighted by atomic mass is 10.1. The largest absolute Gasteiger partial charge is 0.497 e. The summed E-state index contributed by atoms with van der Waals surface area (Å²) in [5.41, 5.74) is 5.61. The van der Waals surface area contributed by atoms with Crippen LogP contribution in [-0.2, 0) is 0 Å². The summed E-state index contributed by atoms with van der Waals surface area (Å²) in [6.07, 6.45) is 1.05. The minimum atomic E-state index is 0.656. The zero-order chi connectivity index (χ0) is 19.6. The van der Waals surface area contributed by atoms with Crippen molar-refractivity contribution < 1.29 is 4.74 Å². The first-order valence-electron chi connectivity index (χ1n) is 9.10. The molecule has 3 nitrogen and oxygen atoms in total. The molecule has 0 N–H and O–H groups in total. The number of ether oxygens (including phenoxy) is 1. The van der Waals surface area contributed by atoms with Gasteiger partial charge in [-0.1, -0.05) is 30.7 Å². The van der Waals surface area contributed by atoms with Crippen LogP contribution in [0.15, 0.2) is 36.4 Å². The molecular formula is C22H25ClN2OS. The van der Waals surface area contributed by atoms with Gasteiger partial charge in [0.15, 0.2) is 5.13 Å². The Balaban J connectivity index is 2.06. The van der Waals surface area contributed by atoms with Crippen LogP contribution in [0.3, 0.4) is 0 Å². The molecule has 0 fully saturated rings. The Morgan fingerprint density at radius 3 is 2.56 bits per heavy atom. The van der Waals surface area contributed by atoms with Gasteiger partial charge in [0, 0.05) is 22.7 Å². The zero-order valence-electron chi connectivity index (χ0n) is 16.5. The number of rotatable bonds is 6. The summed E-state index contributed by atoms with van der Waals surface area (Å²) < 4.78 is 5.26. The molecule has 0 amide bonds. The molecule has 142 valence electrons. The maximum absolute atomic E-state index is 6.50. The molecule has 0 radical (unpaired) electrons. The predicted molar refractivity (Wildman–Crippen MR) is 117 cm³/mol. The number of thiazole rings is 1. The molecule has 0 atom stereocenters. The van der Waals surface area contributed by atoms with Crippen molar-refractivity contribution in [2.75, 3.05) is 18.6 Å². The Morgan fingerprint density at radius 1 is 1.11 bits per heavy atom. The lowest BCUT2D eigenvalue weighted by Crippen LogP contribution is -2.18. The van der Waals surface area contributed by atoms with Crippen LogP contribution in [0.5, 0.6) is 5.75 Å². The Bertz CT molecular complexity index is 951. The molecule has 0 saturated carbocycles. The lowest BCUT2D eigenvalue weighted by molar-refractivity contribution is 0.415. The Kier molecular flexibility index (Phi) is 6.08. The summed E-state index contributed by atoms with van der Waals surface area (Å²) >= 11 is 8.21. The number of benzene rings is 2. The van der Waals surface area contributed by atoms with Gasteiger partial charge in [0.2, 0.25) is 0 Å². The van der Waals surface area contributed by atoms with Crippen molar-refractivity contribution in [1.29, 1.82) is 0 Å². The molecular weight excluding hydrogens is 376 g/mol. The van der Waals surface area contributed by atoms with E-state index in [1.807, 2.05) is 18.2 Å². The van der Waals surface area contributed by atoms with Gasteiger partial charge in [0.1, 0.15) is 5.75 Å². The van der Waals surface area contributed by atoms with Crippen molar-refractivity contribution in [2.45, 2.75) is 34.1 Å². The minimum Gasteiger partial charge on any atom is -0.497 e. The van der Waals surface area contributed by atoms with E-state index in [0.717, 1.165) is 40.0 Å². The van der Waals surface area contributed by atoms with Crippen LogP contribution < -0.4 is 9.64 Å². The van der Waals surface area contributed by atoms with Crippen LogP contribution in [0.2, 0.25) is 5.02 Å².